The summed E-state index contributed by atoms with van der Waals surface area (Å²) < 4.78 is 0. The first-order valence-electron chi connectivity index (χ1n) is 33.6. The standard InChI is InChI=1S/C67H138P/c1-5-9-13-17-21-25-29-32-35-38-41-45-49-53-57-61-65-68(64-60-56-52-48-44-28-24-20-16-12-8-4,66-62-58-54-50-46-42-39-36-33-30-26-22-18-14-10-6-2)67-63-59-55-51-47-43-40-37-34-31-27-23-19-15-11-7-3/h5-67H2,1-4H3/q+1. The molecule has 0 spiro atoms. The van der Waals surface area contributed by atoms with Gasteiger partial charge in [0.15, 0.2) is 0 Å². The van der Waals surface area contributed by atoms with Gasteiger partial charge in [0.2, 0.25) is 0 Å². The fourth-order valence-electron chi connectivity index (χ4n) is 11.8. The third-order valence-electron chi connectivity index (χ3n) is 16.7. The molecule has 0 saturated heterocycles. The lowest BCUT2D eigenvalue weighted by atomic mass is 10.0. The van der Waals surface area contributed by atoms with Crippen molar-refractivity contribution in [1.29, 1.82) is 0 Å². The lowest BCUT2D eigenvalue weighted by Gasteiger charge is -2.28. The van der Waals surface area contributed by atoms with Gasteiger partial charge in [0, 0.05) is 7.26 Å². The second-order valence-corrected chi connectivity index (χ2v) is 28.2. The van der Waals surface area contributed by atoms with Crippen LogP contribution in [0.1, 0.15) is 407 Å². The Morgan fingerprint density at radius 3 is 0.309 bits per heavy atom. The van der Waals surface area contributed by atoms with Crippen molar-refractivity contribution in [1.82, 2.24) is 0 Å². The van der Waals surface area contributed by atoms with Crippen molar-refractivity contribution in [3.05, 3.63) is 0 Å². The minimum absolute atomic E-state index is 0.838. The zero-order chi connectivity index (χ0) is 49.0. The molecule has 0 fully saturated rings. The van der Waals surface area contributed by atoms with Crippen molar-refractivity contribution in [2.45, 2.75) is 407 Å². The van der Waals surface area contributed by atoms with E-state index in [1.807, 2.05) is 0 Å². The van der Waals surface area contributed by atoms with Gasteiger partial charge >= 0.3 is 0 Å². The first kappa shape index (κ1) is 68.4. The van der Waals surface area contributed by atoms with Crippen LogP contribution in [0.4, 0.5) is 0 Å². The van der Waals surface area contributed by atoms with Crippen molar-refractivity contribution in [2.24, 2.45) is 0 Å². The topological polar surface area (TPSA) is 0 Å². The van der Waals surface area contributed by atoms with E-state index in [2.05, 4.69) is 27.7 Å². The molecule has 0 nitrogen and oxygen atoms in total. The van der Waals surface area contributed by atoms with Crippen LogP contribution in [-0.4, -0.2) is 24.6 Å². The minimum atomic E-state index is -0.838. The van der Waals surface area contributed by atoms with E-state index in [4.69, 9.17) is 0 Å². The van der Waals surface area contributed by atoms with Crippen LogP contribution in [0.5, 0.6) is 0 Å². The fourth-order valence-corrected chi connectivity index (χ4v) is 16.7. The summed E-state index contributed by atoms with van der Waals surface area (Å²) >= 11 is 0. The van der Waals surface area contributed by atoms with Crippen LogP contribution >= 0.6 is 7.26 Å². The molecule has 0 aliphatic heterocycles. The van der Waals surface area contributed by atoms with Gasteiger partial charge in [-0.1, -0.05) is 355 Å². The molecule has 0 N–H and O–H groups in total. The maximum Gasteiger partial charge on any atom is 0.0594 e. The van der Waals surface area contributed by atoms with E-state index in [-0.39, 0.29) is 0 Å². The lowest BCUT2D eigenvalue weighted by Crippen LogP contribution is -2.13. The minimum Gasteiger partial charge on any atom is -0.0654 e. The summed E-state index contributed by atoms with van der Waals surface area (Å²) in [5.41, 5.74) is 0. The smallest absolute Gasteiger partial charge is 0.0594 e. The van der Waals surface area contributed by atoms with Gasteiger partial charge in [-0.15, -0.1) is 0 Å². The normalized spacial score (nSPS) is 12.0. The van der Waals surface area contributed by atoms with Crippen LogP contribution in [0, 0.1) is 0 Å². The molecule has 0 amide bonds. The molecule has 0 rings (SSSR count). The molecule has 0 atom stereocenters. The Morgan fingerprint density at radius 1 is 0.118 bits per heavy atom. The third-order valence-corrected chi connectivity index (χ3v) is 21.8. The maximum absolute atomic E-state index is 2.35. The van der Waals surface area contributed by atoms with Crippen molar-refractivity contribution in [2.75, 3.05) is 24.6 Å². The van der Waals surface area contributed by atoms with Crippen LogP contribution < -0.4 is 0 Å². The summed E-state index contributed by atoms with van der Waals surface area (Å²) in [4.78, 5) is 0. The van der Waals surface area contributed by atoms with Crippen molar-refractivity contribution in [3.8, 4) is 0 Å². The predicted octanol–water partition coefficient (Wildman–Crippen LogP) is 26.1. The van der Waals surface area contributed by atoms with Gasteiger partial charge in [-0.05, 0) is 51.4 Å². The highest BCUT2D eigenvalue weighted by Crippen LogP contribution is 2.61. The lowest BCUT2D eigenvalue weighted by molar-refractivity contribution is 0.530. The van der Waals surface area contributed by atoms with Crippen LogP contribution in [0.2, 0.25) is 0 Å². The quantitative estimate of drug-likeness (QED) is 0.0421. The van der Waals surface area contributed by atoms with E-state index in [9.17, 15) is 0 Å². The molecule has 0 bridgehead atoms. The Hall–Kier alpha value is 0.430. The predicted molar refractivity (Wildman–Crippen MR) is 321 cm³/mol. The van der Waals surface area contributed by atoms with Gasteiger partial charge in [0.25, 0.3) is 0 Å². The number of rotatable bonds is 63. The molecule has 0 aromatic carbocycles. The highest BCUT2D eigenvalue weighted by atomic mass is 31.2. The van der Waals surface area contributed by atoms with Gasteiger partial charge in [-0.25, -0.2) is 0 Å². The van der Waals surface area contributed by atoms with Gasteiger partial charge < -0.3 is 0 Å². The van der Waals surface area contributed by atoms with Crippen LogP contribution in [-0.2, 0) is 0 Å². The molecular weight excluding hydrogens is 836 g/mol. The molecule has 0 heterocycles. The second kappa shape index (κ2) is 61.7. The Morgan fingerprint density at radius 2 is 0.206 bits per heavy atom. The summed E-state index contributed by atoms with van der Waals surface area (Å²) in [6.07, 6.45) is 94.8. The molecule has 0 aromatic heterocycles. The molecule has 0 aromatic rings. The first-order valence-corrected chi connectivity index (χ1v) is 36.1. The monoisotopic (exact) mass is 974 g/mol. The number of hydrogen-bond donors (Lipinski definition) is 0. The Labute approximate surface area is 436 Å². The van der Waals surface area contributed by atoms with Gasteiger partial charge in [0.1, 0.15) is 0 Å². The van der Waals surface area contributed by atoms with E-state index in [1.165, 1.54) is 353 Å². The van der Waals surface area contributed by atoms with Crippen LogP contribution in [0.3, 0.4) is 0 Å². The molecular formula is C67H138P+. The summed E-state index contributed by atoms with van der Waals surface area (Å²) in [7, 11) is -0.838. The molecule has 1 heteroatoms. The Bertz CT molecular complexity index is 760. The van der Waals surface area contributed by atoms with Crippen molar-refractivity contribution in [3.63, 3.8) is 0 Å². The highest BCUT2D eigenvalue weighted by Gasteiger charge is 2.35. The largest absolute Gasteiger partial charge is 0.0654 e. The molecule has 0 aliphatic rings. The molecule has 0 unspecified atom stereocenters. The number of hydrogen-bond acceptors (Lipinski definition) is 0. The fraction of sp³-hybridized carbons (Fsp3) is 1.00. The highest BCUT2D eigenvalue weighted by molar-refractivity contribution is 7.75. The van der Waals surface area contributed by atoms with Crippen LogP contribution in [0.25, 0.3) is 0 Å². The average Bonchev–Trinajstić information content (AvgIpc) is 3.35. The van der Waals surface area contributed by atoms with E-state index >= 15 is 0 Å². The Kier molecular flexibility index (Phi) is 62.1. The molecule has 410 valence electrons. The molecule has 0 saturated carbocycles. The van der Waals surface area contributed by atoms with Crippen molar-refractivity contribution < 1.29 is 0 Å². The molecule has 0 aliphatic carbocycles. The van der Waals surface area contributed by atoms with E-state index in [1.54, 1.807) is 50.3 Å². The summed E-state index contributed by atoms with van der Waals surface area (Å²) in [5, 5.41) is 0. The van der Waals surface area contributed by atoms with Gasteiger partial charge in [0.05, 0.1) is 24.6 Å². The van der Waals surface area contributed by atoms with E-state index in [0.29, 0.717) is 0 Å². The zero-order valence-electron chi connectivity index (χ0n) is 49.0. The molecule has 68 heavy (non-hydrogen) atoms. The van der Waals surface area contributed by atoms with Gasteiger partial charge in [-0.2, -0.15) is 0 Å². The number of unbranched alkanes of at least 4 members (excludes halogenated alkanes) is 55. The third kappa shape index (κ3) is 55.7. The second-order valence-electron chi connectivity index (χ2n) is 23.7. The van der Waals surface area contributed by atoms with E-state index in [0.717, 1.165) is 0 Å². The van der Waals surface area contributed by atoms with Gasteiger partial charge in [-0.3, -0.25) is 0 Å². The summed E-state index contributed by atoms with van der Waals surface area (Å²) in [6, 6.07) is 0. The van der Waals surface area contributed by atoms with Crippen LogP contribution in [0.15, 0.2) is 0 Å². The average molecular weight is 975 g/mol. The zero-order valence-corrected chi connectivity index (χ0v) is 49.9. The SMILES string of the molecule is CCCCCCCCCCCCCCCCCC[P+](CCCCCCCCCCCCC)(CCCCCCCCCCCCCCCCCC)CCCCCCCCCCCCCCCCCC. The summed E-state index contributed by atoms with van der Waals surface area (Å²) in [6.45, 7) is 9.34. The Balaban J connectivity index is 4.89. The van der Waals surface area contributed by atoms with E-state index < -0.39 is 7.26 Å². The summed E-state index contributed by atoms with van der Waals surface area (Å²) in [5.74, 6) is 0. The molecule has 0 radical (unpaired) electrons. The van der Waals surface area contributed by atoms with Crippen molar-refractivity contribution >= 4 is 7.26 Å². The first-order chi connectivity index (χ1) is 33.7. The maximum atomic E-state index is 2.35.